The van der Waals surface area contributed by atoms with Crippen molar-refractivity contribution in [1.29, 1.82) is 0 Å². The van der Waals surface area contributed by atoms with E-state index in [1.807, 2.05) is 0 Å². The molecular weight excluding hydrogens is 264 g/mol. The highest BCUT2D eigenvalue weighted by Crippen LogP contribution is 2.26. The van der Waals surface area contributed by atoms with Crippen LogP contribution < -0.4 is 10.6 Å². The maximum absolute atomic E-state index is 11.7. The Bertz CT molecular complexity index is 376. The highest BCUT2D eigenvalue weighted by Gasteiger charge is 2.25. The Morgan fingerprint density at radius 2 is 1.86 bits per heavy atom. The van der Waals surface area contributed by atoms with Gasteiger partial charge in [0.05, 0.1) is 0 Å². The first-order chi connectivity index (χ1) is 10.1. The summed E-state index contributed by atoms with van der Waals surface area (Å²) in [7, 11) is 3.54. The Hall–Kier alpha value is -1.26. The lowest BCUT2D eigenvalue weighted by Crippen LogP contribution is -2.46. The van der Waals surface area contributed by atoms with Crippen LogP contribution in [0.1, 0.15) is 51.9 Å². The standard InChI is InChI=1S/C16H30N4O/c1-4-12-6-5-7-14(10-12)19-16(18-13-8-9-13)17-11-15(21)20(2)3/h12-14H,4-11H2,1-3H3,(H2,17,18,19). The number of aliphatic imine (C=N–C) groups is 1. The van der Waals surface area contributed by atoms with E-state index in [0.29, 0.717) is 12.1 Å². The molecule has 5 nitrogen and oxygen atoms in total. The molecular formula is C16H30N4O. The average Bonchev–Trinajstić information content (AvgIpc) is 3.28. The van der Waals surface area contributed by atoms with E-state index >= 15 is 0 Å². The lowest BCUT2D eigenvalue weighted by Gasteiger charge is -2.30. The molecule has 2 N–H and O–H groups in total. The Morgan fingerprint density at radius 3 is 2.48 bits per heavy atom. The highest BCUT2D eigenvalue weighted by atomic mass is 16.2. The minimum Gasteiger partial charge on any atom is -0.354 e. The first-order valence-corrected chi connectivity index (χ1v) is 8.36. The second kappa shape index (κ2) is 7.66. The third kappa shape index (κ3) is 5.56. The number of hydrogen-bond acceptors (Lipinski definition) is 2. The topological polar surface area (TPSA) is 56.7 Å². The highest BCUT2D eigenvalue weighted by molar-refractivity contribution is 5.85. The van der Waals surface area contributed by atoms with Gasteiger partial charge in [0.15, 0.2) is 5.96 Å². The molecule has 0 aromatic rings. The monoisotopic (exact) mass is 294 g/mol. The molecule has 2 aliphatic carbocycles. The fourth-order valence-electron chi connectivity index (χ4n) is 2.83. The van der Waals surface area contributed by atoms with Crippen LogP contribution >= 0.6 is 0 Å². The van der Waals surface area contributed by atoms with Gasteiger partial charge in [0.2, 0.25) is 5.91 Å². The van der Waals surface area contributed by atoms with Gasteiger partial charge in [-0.1, -0.05) is 26.2 Å². The van der Waals surface area contributed by atoms with Crippen molar-refractivity contribution in [1.82, 2.24) is 15.5 Å². The molecule has 2 saturated carbocycles. The number of carbonyl (C=O) groups excluding carboxylic acids is 1. The summed E-state index contributed by atoms with van der Waals surface area (Å²) >= 11 is 0. The van der Waals surface area contributed by atoms with Crippen molar-refractivity contribution >= 4 is 11.9 Å². The zero-order valence-corrected chi connectivity index (χ0v) is 13.7. The fraction of sp³-hybridized carbons (Fsp3) is 0.875. The number of amides is 1. The second-order valence-corrected chi connectivity index (χ2v) is 6.65. The normalized spacial score (nSPS) is 26.3. The molecule has 0 bridgehead atoms. The third-order valence-corrected chi connectivity index (χ3v) is 4.49. The summed E-state index contributed by atoms with van der Waals surface area (Å²) in [6.07, 6.45) is 8.78. The zero-order valence-electron chi connectivity index (χ0n) is 13.7. The Labute approximate surface area is 128 Å². The molecule has 120 valence electrons. The van der Waals surface area contributed by atoms with Crippen LogP contribution in [0.2, 0.25) is 0 Å². The van der Waals surface area contributed by atoms with Gasteiger partial charge in [-0.25, -0.2) is 4.99 Å². The Kier molecular flexibility index (Phi) is 5.88. The second-order valence-electron chi connectivity index (χ2n) is 6.65. The summed E-state index contributed by atoms with van der Waals surface area (Å²) in [5.41, 5.74) is 0. The number of guanidine groups is 1. The Balaban J connectivity index is 1.88. The molecule has 2 unspecified atom stereocenters. The van der Waals surface area contributed by atoms with E-state index in [2.05, 4.69) is 22.5 Å². The summed E-state index contributed by atoms with van der Waals surface area (Å²) in [6.45, 7) is 2.50. The van der Waals surface area contributed by atoms with Crippen LogP contribution in [-0.2, 0) is 4.79 Å². The van der Waals surface area contributed by atoms with Crippen LogP contribution in [-0.4, -0.2) is 49.5 Å². The number of likely N-dealkylation sites (N-methyl/N-ethyl adjacent to an activating group) is 1. The summed E-state index contributed by atoms with van der Waals surface area (Å²) in [5, 5.41) is 6.99. The van der Waals surface area contributed by atoms with Gasteiger partial charge in [-0.2, -0.15) is 0 Å². The van der Waals surface area contributed by atoms with Crippen molar-refractivity contribution in [2.45, 2.75) is 64.0 Å². The number of hydrogen-bond donors (Lipinski definition) is 2. The summed E-state index contributed by atoms with van der Waals surface area (Å²) < 4.78 is 0. The molecule has 2 rings (SSSR count). The first kappa shape index (κ1) is 16.1. The fourth-order valence-corrected chi connectivity index (χ4v) is 2.83. The number of nitrogens with zero attached hydrogens (tertiary/aromatic N) is 2. The molecule has 2 fully saturated rings. The molecule has 5 heteroatoms. The van der Waals surface area contributed by atoms with E-state index in [1.165, 1.54) is 44.9 Å². The van der Waals surface area contributed by atoms with Gasteiger partial charge in [0.25, 0.3) is 0 Å². The van der Waals surface area contributed by atoms with E-state index in [0.717, 1.165) is 11.9 Å². The largest absolute Gasteiger partial charge is 0.354 e. The number of rotatable bonds is 5. The van der Waals surface area contributed by atoms with Crippen LogP contribution in [0.15, 0.2) is 4.99 Å². The van der Waals surface area contributed by atoms with Gasteiger partial charge in [0, 0.05) is 26.2 Å². The van der Waals surface area contributed by atoms with Crippen LogP contribution in [0, 0.1) is 5.92 Å². The molecule has 0 radical (unpaired) electrons. The van der Waals surface area contributed by atoms with E-state index in [1.54, 1.807) is 19.0 Å². The van der Waals surface area contributed by atoms with Crippen molar-refractivity contribution in [2.24, 2.45) is 10.9 Å². The van der Waals surface area contributed by atoms with E-state index in [9.17, 15) is 4.79 Å². The van der Waals surface area contributed by atoms with Gasteiger partial charge in [-0.15, -0.1) is 0 Å². The minimum absolute atomic E-state index is 0.0435. The number of nitrogens with one attached hydrogen (secondary N) is 2. The SMILES string of the molecule is CCC1CCCC(NC(=NCC(=O)N(C)C)NC2CC2)C1. The van der Waals surface area contributed by atoms with Crippen molar-refractivity contribution in [2.75, 3.05) is 20.6 Å². The summed E-state index contributed by atoms with van der Waals surface area (Å²) in [5.74, 6) is 1.71. The van der Waals surface area contributed by atoms with E-state index < -0.39 is 0 Å². The molecule has 21 heavy (non-hydrogen) atoms. The molecule has 0 saturated heterocycles. The zero-order chi connectivity index (χ0) is 15.2. The Morgan fingerprint density at radius 1 is 1.14 bits per heavy atom. The number of carbonyl (C=O) groups is 1. The third-order valence-electron chi connectivity index (χ3n) is 4.49. The smallest absolute Gasteiger partial charge is 0.243 e. The molecule has 2 atom stereocenters. The van der Waals surface area contributed by atoms with Gasteiger partial charge < -0.3 is 15.5 Å². The van der Waals surface area contributed by atoms with Crippen LogP contribution in [0.3, 0.4) is 0 Å². The van der Waals surface area contributed by atoms with E-state index in [4.69, 9.17) is 0 Å². The minimum atomic E-state index is 0.0435. The molecule has 1 amide bonds. The van der Waals surface area contributed by atoms with Crippen molar-refractivity contribution in [3.63, 3.8) is 0 Å². The van der Waals surface area contributed by atoms with E-state index in [-0.39, 0.29) is 12.5 Å². The van der Waals surface area contributed by atoms with Crippen molar-refractivity contribution in [3.05, 3.63) is 0 Å². The molecule has 0 aliphatic heterocycles. The van der Waals surface area contributed by atoms with Crippen molar-refractivity contribution in [3.8, 4) is 0 Å². The van der Waals surface area contributed by atoms with Crippen molar-refractivity contribution < 1.29 is 4.79 Å². The lowest BCUT2D eigenvalue weighted by molar-refractivity contribution is -0.127. The maximum atomic E-state index is 11.7. The molecule has 2 aliphatic rings. The molecule has 0 aromatic heterocycles. The molecule has 0 heterocycles. The molecule has 0 spiro atoms. The quantitative estimate of drug-likeness (QED) is 0.600. The van der Waals surface area contributed by atoms with Gasteiger partial charge in [0.1, 0.15) is 6.54 Å². The van der Waals surface area contributed by atoms with Crippen LogP contribution in [0.5, 0.6) is 0 Å². The summed E-state index contributed by atoms with van der Waals surface area (Å²) in [6, 6.07) is 1.06. The van der Waals surface area contributed by atoms with Crippen LogP contribution in [0.4, 0.5) is 0 Å². The van der Waals surface area contributed by atoms with Gasteiger partial charge in [-0.3, -0.25) is 4.79 Å². The average molecular weight is 294 g/mol. The predicted molar refractivity (Wildman–Crippen MR) is 86.3 cm³/mol. The van der Waals surface area contributed by atoms with Gasteiger partial charge >= 0.3 is 0 Å². The van der Waals surface area contributed by atoms with Gasteiger partial charge in [-0.05, 0) is 31.6 Å². The first-order valence-electron chi connectivity index (χ1n) is 8.36. The maximum Gasteiger partial charge on any atom is 0.243 e. The molecule has 0 aromatic carbocycles. The lowest BCUT2D eigenvalue weighted by atomic mass is 9.84. The predicted octanol–water partition coefficient (Wildman–Crippen LogP) is 1.74. The summed E-state index contributed by atoms with van der Waals surface area (Å²) in [4.78, 5) is 17.8. The van der Waals surface area contributed by atoms with Crippen LogP contribution in [0.25, 0.3) is 0 Å².